The van der Waals surface area contributed by atoms with Crippen molar-refractivity contribution in [2.45, 2.75) is 12.8 Å². The Morgan fingerprint density at radius 3 is 2.63 bits per heavy atom. The predicted molar refractivity (Wildman–Crippen MR) is 70.7 cm³/mol. The van der Waals surface area contributed by atoms with E-state index in [-0.39, 0.29) is 17.7 Å². The predicted octanol–water partition coefficient (Wildman–Crippen LogP) is 0.157. The molecule has 6 heteroatoms. The monoisotopic (exact) mass is 262 g/mol. The third-order valence-corrected chi connectivity index (χ3v) is 3.35. The van der Waals surface area contributed by atoms with E-state index in [0.717, 1.165) is 5.56 Å². The highest BCUT2D eigenvalue weighted by Crippen LogP contribution is 2.17. The number of primary amides is 1. The zero-order chi connectivity index (χ0) is 13.8. The number of hydrogen-bond donors (Lipinski definition) is 1. The normalized spacial score (nSPS) is 17.0. The van der Waals surface area contributed by atoms with Crippen molar-refractivity contribution in [1.82, 2.24) is 14.7 Å². The molecule has 6 nitrogen and oxygen atoms in total. The van der Waals surface area contributed by atoms with Crippen LogP contribution in [0.4, 0.5) is 0 Å². The molecule has 2 rings (SSSR count). The number of aryl methyl sites for hydroxylation is 1. The Hall–Kier alpha value is -2.11. The average molecular weight is 262 g/mol. The second-order valence-corrected chi connectivity index (χ2v) is 4.78. The maximum absolute atomic E-state index is 12.0. The maximum Gasteiger partial charge on any atom is 0.246 e. The van der Waals surface area contributed by atoms with Crippen LogP contribution in [0, 0.1) is 5.92 Å². The van der Waals surface area contributed by atoms with Gasteiger partial charge in [-0.2, -0.15) is 5.10 Å². The molecule has 1 aromatic heterocycles. The van der Waals surface area contributed by atoms with Gasteiger partial charge in [0.05, 0.1) is 6.20 Å². The third-order valence-electron chi connectivity index (χ3n) is 3.35. The van der Waals surface area contributed by atoms with E-state index in [0.29, 0.717) is 25.9 Å². The number of aromatic nitrogens is 2. The Balaban J connectivity index is 1.88. The first kappa shape index (κ1) is 13.3. The summed E-state index contributed by atoms with van der Waals surface area (Å²) in [7, 11) is 1.83. The molecule has 0 aromatic carbocycles. The highest BCUT2D eigenvalue weighted by atomic mass is 16.2. The Morgan fingerprint density at radius 1 is 1.42 bits per heavy atom. The van der Waals surface area contributed by atoms with Gasteiger partial charge in [-0.1, -0.05) is 0 Å². The van der Waals surface area contributed by atoms with Gasteiger partial charge >= 0.3 is 0 Å². The summed E-state index contributed by atoms with van der Waals surface area (Å²) in [5, 5.41) is 4.03. The Labute approximate surface area is 111 Å². The zero-order valence-corrected chi connectivity index (χ0v) is 11.0. The minimum Gasteiger partial charge on any atom is -0.369 e. The minimum absolute atomic E-state index is 0.0354. The molecule has 2 N–H and O–H groups in total. The van der Waals surface area contributed by atoms with Crippen molar-refractivity contribution in [2.75, 3.05) is 13.1 Å². The quantitative estimate of drug-likeness (QED) is 0.788. The minimum atomic E-state index is -0.266. The molecule has 2 heterocycles. The van der Waals surface area contributed by atoms with Crippen LogP contribution in [-0.2, 0) is 16.6 Å². The van der Waals surface area contributed by atoms with E-state index in [1.807, 2.05) is 13.2 Å². The molecule has 0 atom stereocenters. The van der Waals surface area contributed by atoms with Gasteiger partial charge in [0.25, 0.3) is 0 Å². The lowest BCUT2D eigenvalue weighted by molar-refractivity contribution is -0.130. The average Bonchev–Trinajstić information content (AvgIpc) is 2.82. The highest BCUT2D eigenvalue weighted by Gasteiger charge is 2.24. The number of hydrogen-bond acceptors (Lipinski definition) is 3. The molecule has 102 valence electrons. The van der Waals surface area contributed by atoms with Crippen molar-refractivity contribution in [3.8, 4) is 0 Å². The zero-order valence-electron chi connectivity index (χ0n) is 11.0. The van der Waals surface area contributed by atoms with Crippen LogP contribution in [0.5, 0.6) is 0 Å². The molecular weight excluding hydrogens is 244 g/mol. The highest BCUT2D eigenvalue weighted by molar-refractivity contribution is 5.91. The number of likely N-dealkylation sites (tertiary alicyclic amines) is 1. The molecule has 1 aliphatic rings. The number of amides is 2. The molecule has 1 fully saturated rings. The molecule has 0 bridgehead atoms. The first-order valence-corrected chi connectivity index (χ1v) is 6.31. The number of carbonyl (C=O) groups excluding carboxylic acids is 2. The summed E-state index contributed by atoms with van der Waals surface area (Å²) in [5.41, 5.74) is 6.15. The molecule has 0 saturated carbocycles. The summed E-state index contributed by atoms with van der Waals surface area (Å²) in [6, 6.07) is 0. The molecule has 0 aliphatic carbocycles. The molecule has 19 heavy (non-hydrogen) atoms. The maximum atomic E-state index is 12.0. The summed E-state index contributed by atoms with van der Waals surface area (Å²) in [6.45, 7) is 1.17. The van der Waals surface area contributed by atoms with E-state index in [1.165, 1.54) is 0 Å². The van der Waals surface area contributed by atoms with E-state index >= 15 is 0 Å². The smallest absolute Gasteiger partial charge is 0.246 e. The number of piperidine rings is 1. The van der Waals surface area contributed by atoms with Crippen molar-refractivity contribution >= 4 is 17.9 Å². The first-order chi connectivity index (χ1) is 9.06. The van der Waals surface area contributed by atoms with Gasteiger partial charge in [-0.15, -0.1) is 0 Å². The van der Waals surface area contributed by atoms with Crippen molar-refractivity contribution in [3.05, 3.63) is 24.0 Å². The van der Waals surface area contributed by atoms with Gasteiger partial charge < -0.3 is 10.6 Å². The lowest BCUT2D eigenvalue weighted by Crippen LogP contribution is -2.41. The number of nitrogens with zero attached hydrogens (tertiary/aromatic N) is 3. The molecular formula is C13H18N4O2. The SMILES string of the molecule is Cn1cc(/C=C\C(=O)N2CCC(C(N)=O)CC2)cn1. The van der Waals surface area contributed by atoms with Crippen molar-refractivity contribution in [3.63, 3.8) is 0 Å². The number of rotatable bonds is 3. The van der Waals surface area contributed by atoms with E-state index in [1.54, 1.807) is 27.9 Å². The molecule has 1 aromatic rings. The lowest BCUT2D eigenvalue weighted by atomic mass is 9.96. The van der Waals surface area contributed by atoms with Crippen LogP contribution in [0.3, 0.4) is 0 Å². The van der Waals surface area contributed by atoms with Crippen LogP contribution in [-0.4, -0.2) is 39.6 Å². The summed E-state index contributed by atoms with van der Waals surface area (Å²) >= 11 is 0. The fourth-order valence-electron chi connectivity index (χ4n) is 2.18. The van der Waals surface area contributed by atoms with E-state index in [4.69, 9.17) is 5.73 Å². The molecule has 0 unspecified atom stereocenters. The van der Waals surface area contributed by atoms with Gasteiger partial charge in [0.1, 0.15) is 0 Å². The van der Waals surface area contributed by atoms with Crippen LogP contribution in [0.1, 0.15) is 18.4 Å². The fourth-order valence-corrected chi connectivity index (χ4v) is 2.18. The van der Waals surface area contributed by atoms with Gasteiger partial charge in [-0.05, 0) is 18.9 Å². The Bertz CT molecular complexity index is 498. The molecule has 1 saturated heterocycles. The topological polar surface area (TPSA) is 81.2 Å². The standard InChI is InChI=1S/C13H18N4O2/c1-16-9-10(8-15-16)2-3-12(18)17-6-4-11(5-7-17)13(14)19/h2-3,8-9,11H,4-7H2,1H3,(H2,14,19)/b3-2-. The number of nitrogens with two attached hydrogens (primary N) is 1. The molecule has 0 spiro atoms. The van der Waals surface area contributed by atoms with E-state index in [9.17, 15) is 9.59 Å². The summed E-state index contributed by atoms with van der Waals surface area (Å²) in [4.78, 5) is 24.7. The van der Waals surface area contributed by atoms with Crippen LogP contribution >= 0.6 is 0 Å². The lowest BCUT2D eigenvalue weighted by Gasteiger charge is -2.29. The van der Waals surface area contributed by atoms with Gasteiger partial charge in [0.2, 0.25) is 11.8 Å². The summed E-state index contributed by atoms with van der Waals surface area (Å²) < 4.78 is 1.68. The summed E-state index contributed by atoms with van der Waals surface area (Å²) in [5.74, 6) is -0.392. The summed E-state index contributed by atoms with van der Waals surface area (Å²) in [6.07, 6.45) is 8.13. The van der Waals surface area contributed by atoms with Crippen LogP contribution in [0.25, 0.3) is 6.08 Å². The van der Waals surface area contributed by atoms with E-state index < -0.39 is 0 Å². The third kappa shape index (κ3) is 3.43. The largest absolute Gasteiger partial charge is 0.369 e. The fraction of sp³-hybridized carbons (Fsp3) is 0.462. The van der Waals surface area contributed by atoms with Crippen LogP contribution in [0.15, 0.2) is 18.5 Å². The van der Waals surface area contributed by atoms with Gasteiger partial charge in [-0.3, -0.25) is 14.3 Å². The second kappa shape index (κ2) is 5.69. The number of carbonyl (C=O) groups is 2. The molecule has 0 radical (unpaired) electrons. The van der Waals surface area contributed by atoms with Crippen molar-refractivity contribution < 1.29 is 9.59 Å². The second-order valence-electron chi connectivity index (χ2n) is 4.78. The Morgan fingerprint density at radius 2 is 2.11 bits per heavy atom. The molecule has 2 amide bonds. The first-order valence-electron chi connectivity index (χ1n) is 6.31. The van der Waals surface area contributed by atoms with Gasteiger partial charge in [0, 0.05) is 43.9 Å². The van der Waals surface area contributed by atoms with Crippen LogP contribution in [0.2, 0.25) is 0 Å². The van der Waals surface area contributed by atoms with Crippen LogP contribution < -0.4 is 5.73 Å². The molecule has 1 aliphatic heterocycles. The Kier molecular flexibility index (Phi) is 3.99. The van der Waals surface area contributed by atoms with E-state index in [2.05, 4.69) is 5.10 Å². The van der Waals surface area contributed by atoms with Crippen molar-refractivity contribution in [2.24, 2.45) is 18.7 Å². The van der Waals surface area contributed by atoms with Crippen molar-refractivity contribution in [1.29, 1.82) is 0 Å². The van der Waals surface area contributed by atoms with Gasteiger partial charge in [0.15, 0.2) is 0 Å². The van der Waals surface area contributed by atoms with Gasteiger partial charge in [-0.25, -0.2) is 0 Å².